The van der Waals surface area contributed by atoms with Gasteiger partial charge in [0.25, 0.3) is 17.3 Å². The Morgan fingerprint density at radius 3 is 2.76 bits per heavy atom. The van der Waals surface area contributed by atoms with Crippen molar-refractivity contribution in [1.82, 2.24) is 29.6 Å². The highest BCUT2D eigenvalue weighted by atomic mass is 32.2. The van der Waals surface area contributed by atoms with Crippen molar-refractivity contribution in [2.24, 2.45) is 0 Å². The number of fused-ring (bicyclic) bond motifs is 1. The highest BCUT2D eigenvalue weighted by molar-refractivity contribution is 8.14. The van der Waals surface area contributed by atoms with Gasteiger partial charge in [0.15, 0.2) is 5.69 Å². The Bertz CT molecular complexity index is 1410. The van der Waals surface area contributed by atoms with Crippen LogP contribution in [0.15, 0.2) is 29.3 Å². The molecule has 0 bridgehead atoms. The van der Waals surface area contributed by atoms with E-state index in [9.17, 15) is 23.9 Å². The summed E-state index contributed by atoms with van der Waals surface area (Å²) in [7, 11) is -0.338. The van der Waals surface area contributed by atoms with Gasteiger partial charge >= 0.3 is 5.97 Å². The second-order valence-corrected chi connectivity index (χ2v) is 10.5. The SMILES string of the molecule is C=S1CCn2c(nc(C(=O)NCc3ccc(F)cc3-n3cnc(C(=O)O)n3)c(O)c2=O)C1(C)C. The highest BCUT2D eigenvalue weighted by Gasteiger charge is 2.35. The van der Waals surface area contributed by atoms with E-state index < -0.39 is 45.3 Å². The van der Waals surface area contributed by atoms with E-state index in [-0.39, 0.29) is 22.7 Å². The first kappa shape index (κ1) is 23.3. The van der Waals surface area contributed by atoms with Crippen LogP contribution in [0.4, 0.5) is 4.39 Å². The molecule has 11 nitrogen and oxygen atoms in total. The van der Waals surface area contributed by atoms with Crippen molar-refractivity contribution < 1.29 is 24.2 Å². The number of nitrogens with one attached hydrogen (secondary N) is 1. The normalized spacial score (nSPS) is 16.6. The summed E-state index contributed by atoms with van der Waals surface area (Å²) < 4.78 is 15.7. The molecule has 3 N–H and O–H groups in total. The van der Waals surface area contributed by atoms with E-state index in [1.807, 2.05) is 13.8 Å². The molecule has 0 saturated carbocycles. The van der Waals surface area contributed by atoms with E-state index in [2.05, 4.69) is 26.3 Å². The van der Waals surface area contributed by atoms with Crippen molar-refractivity contribution in [3.8, 4) is 11.4 Å². The number of rotatable bonds is 5. The molecule has 0 fully saturated rings. The summed E-state index contributed by atoms with van der Waals surface area (Å²) in [5, 5.41) is 25.8. The van der Waals surface area contributed by atoms with Crippen LogP contribution < -0.4 is 10.9 Å². The molecule has 1 aliphatic rings. The van der Waals surface area contributed by atoms with E-state index in [0.29, 0.717) is 23.7 Å². The van der Waals surface area contributed by atoms with Crippen molar-refractivity contribution in [2.75, 3.05) is 5.75 Å². The van der Waals surface area contributed by atoms with Crippen LogP contribution in [0.3, 0.4) is 0 Å². The zero-order valence-electron chi connectivity index (χ0n) is 18.3. The largest absolute Gasteiger partial charge is 0.501 e. The summed E-state index contributed by atoms with van der Waals surface area (Å²) in [6, 6.07) is 3.67. The first-order valence-electron chi connectivity index (χ1n) is 10.1. The van der Waals surface area contributed by atoms with E-state index in [1.165, 1.54) is 16.7 Å². The molecule has 0 saturated heterocycles. The van der Waals surface area contributed by atoms with Gasteiger partial charge in [-0.05, 0) is 31.5 Å². The highest BCUT2D eigenvalue weighted by Crippen LogP contribution is 2.42. The zero-order chi connectivity index (χ0) is 24.8. The maximum absolute atomic E-state index is 13.9. The number of carboxylic acids is 1. The Hall–Kier alpha value is -3.87. The first-order chi connectivity index (χ1) is 16.0. The summed E-state index contributed by atoms with van der Waals surface area (Å²) in [6.07, 6.45) is 1.11. The molecule has 1 unspecified atom stereocenters. The number of hydrogen-bond donors (Lipinski definition) is 3. The lowest BCUT2D eigenvalue weighted by molar-refractivity contribution is 0.0683. The molecule has 0 radical (unpaired) electrons. The molecule has 3 aromatic rings. The van der Waals surface area contributed by atoms with Crippen molar-refractivity contribution in [2.45, 2.75) is 31.7 Å². The maximum Gasteiger partial charge on any atom is 0.375 e. The third-order valence-electron chi connectivity index (χ3n) is 5.60. The second-order valence-electron chi connectivity index (χ2n) is 8.07. The standard InChI is InChI=1S/C21H21FN6O5S/c1-21(2)20-25-14(15(29)18(31)27(20)6-7-34(21)3)17(30)23-9-11-4-5-12(22)8-13(11)28-10-24-16(26-28)19(32)33/h4-5,8,10,29H,3,6-7,9H2,1-2H3,(H,23,30)(H,32,33). The molecule has 1 aromatic carbocycles. The van der Waals surface area contributed by atoms with E-state index in [4.69, 9.17) is 5.11 Å². The zero-order valence-corrected chi connectivity index (χ0v) is 19.1. The number of hydrogen-bond acceptors (Lipinski definition) is 7. The molecule has 178 valence electrons. The number of aromatic carboxylic acids is 1. The molecule has 1 amide bonds. The van der Waals surface area contributed by atoms with Gasteiger partial charge in [0.05, 0.1) is 10.4 Å². The van der Waals surface area contributed by atoms with Gasteiger partial charge in [-0.15, -0.1) is 5.10 Å². The fourth-order valence-electron chi connectivity index (χ4n) is 3.59. The minimum absolute atomic E-state index is 0.153. The van der Waals surface area contributed by atoms with Crippen molar-refractivity contribution >= 4 is 28.2 Å². The minimum Gasteiger partial charge on any atom is -0.501 e. The Morgan fingerprint density at radius 2 is 2.09 bits per heavy atom. The third kappa shape index (κ3) is 3.98. The molecule has 2 aromatic heterocycles. The minimum atomic E-state index is -1.35. The monoisotopic (exact) mass is 488 g/mol. The Kier molecular flexibility index (Phi) is 5.81. The van der Waals surface area contributed by atoms with Crippen LogP contribution in [-0.4, -0.2) is 58.0 Å². The number of benzene rings is 1. The van der Waals surface area contributed by atoms with Gasteiger partial charge in [-0.25, -0.2) is 23.8 Å². The molecule has 0 aliphatic carbocycles. The Morgan fingerprint density at radius 1 is 1.35 bits per heavy atom. The predicted octanol–water partition coefficient (Wildman–Crippen LogP) is 1.25. The Labute approximate surface area is 194 Å². The first-order valence-corrected chi connectivity index (χ1v) is 11.6. The van der Waals surface area contributed by atoms with Gasteiger partial charge in [-0.1, -0.05) is 11.9 Å². The molecule has 0 spiro atoms. The van der Waals surface area contributed by atoms with Crippen LogP contribution >= 0.6 is 10.5 Å². The average Bonchev–Trinajstić information content (AvgIpc) is 3.28. The average molecular weight is 489 g/mol. The number of carboxylic acid groups (broad SMARTS) is 1. The molecule has 13 heteroatoms. The van der Waals surface area contributed by atoms with Gasteiger partial charge in [-0.3, -0.25) is 14.2 Å². The smallest absolute Gasteiger partial charge is 0.375 e. The topological polar surface area (TPSA) is 152 Å². The lowest BCUT2D eigenvalue weighted by atomic mass is 10.1. The summed E-state index contributed by atoms with van der Waals surface area (Å²) in [4.78, 5) is 44.6. The predicted molar refractivity (Wildman–Crippen MR) is 122 cm³/mol. The Balaban J connectivity index is 1.65. The number of halogens is 1. The summed E-state index contributed by atoms with van der Waals surface area (Å²) >= 11 is 0. The van der Waals surface area contributed by atoms with Gasteiger partial charge in [-0.2, -0.15) is 10.5 Å². The van der Waals surface area contributed by atoms with Gasteiger partial charge in [0, 0.05) is 18.8 Å². The van der Waals surface area contributed by atoms with Crippen LogP contribution in [0.2, 0.25) is 0 Å². The number of carbonyl (C=O) groups is 2. The number of amides is 1. The van der Waals surface area contributed by atoms with Gasteiger partial charge in [0.1, 0.15) is 18.0 Å². The number of aromatic hydroxyl groups is 1. The molecular formula is C21H21FN6O5S. The van der Waals surface area contributed by atoms with Gasteiger partial charge in [0.2, 0.25) is 5.75 Å². The summed E-state index contributed by atoms with van der Waals surface area (Å²) in [6.45, 7) is 3.96. The van der Waals surface area contributed by atoms with Crippen LogP contribution in [0, 0.1) is 5.82 Å². The number of aromatic nitrogens is 5. The summed E-state index contributed by atoms with van der Waals surface area (Å²) in [5.41, 5.74) is -0.581. The second kappa shape index (κ2) is 8.48. The fourth-order valence-corrected chi connectivity index (χ4v) is 4.92. The van der Waals surface area contributed by atoms with Crippen LogP contribution in [0.1, 0.15) is 46.3 Å². The van der Waals surface area contributed by atoms with Crippen molar-refractivity contribution in [3.63, 3.8) is 0 Å². The molecular weight excluding hydrogens is 467 g/mol. The number of carbonyl (C=O) groups excluding carboxylic acids is 1. The molecule has 1 aliphatic heterocycles. The molecule has 34 heavy (non-hydrogen) atoms. The molecule has 1 atom stereocenters. The van der Waals surface area contributed by atoms with Crippen molar-refractivity contribution in [1.29, 1.82) is 0 Å². The van der Waals surface area contributed by atoms with Crippen LogP contribution in [-0.2, 0) is 17.8 Å². The summed E-state index contributed by atoms with van der Waals surface area (Å²) in [5.74, 6) is 1.17. The van der Waals surface area contributed by atoms with Gasteiger partial charge < -0.3 is 15.5 Å². The quantitative estimate of drug-likeness (QED) is 0.454. The molecule has 3 heterocycles. The molecule has 4 rings (SSSR count). The lowest BCUT2D eigenvalue weighted by Gasteiger charge is -2.35. The lowest BCUT2D eigenvalue weighted by Crippen LogP contribution is -2.39. The number of nitrogens with zero attached hydrogens (tertiary/aromatic N) is 5. The van der Waals surface area contributed by atoms with E-state index >= 15 is 0 Å². The van der Waals surface area contributed by atoms with E-state index in [0.717, 1.165) is 17.1 Å². The fraction of sp³-hybridized carbons (Fsp3) is 0.286. The van der Waals surface area contributed by atoms with Crippen LogP contribution in [0.25, 0.3) is 5.69 Å². The maximum atomic E-state index is 13.9. The third-order valence-corrected chi connectivity index (χ3v) is 7.90. The van der Waals surface area contributed by atoms with Crippen molar-refractivity contribution in [3.05, 3.63) is 63.6 Å². The van der Waals surface area contributed by atoms with E-state index in [1.54, 1.807) is 0 Å². The van der Waals surface area contributed by atoms with Crippen LogP contribution in [0.5, 0.6) is 5.75 Å².